The third kappa shape index (κ3) is 5.44. The molecule has 13 heteroatoms. The van der Waals surface area contributed by atoms with Crippen LogP contribution in [0.4, 0.5) is 17.3 Å². The van der Waals surface area contributed by atoms with Crippen molar-refractivity contribution in [3.8, 4) is 5.75 Å². The Balaban J connectivity index is 2.00. The maximum absolute atomic E-state index is 13.8. The van der Waals surface area contributed by atoms with Crippen LogP contribution in [0, 0.1) is 27.9 Å². The molecule has 0 saturated carbocycles. The van der Waals surface area contributed by atoms with E-state index in [1.807, 2.05) is 45.2 Å². The normalized spacial score (nSPS) is 12.0. The van der Waals surface area contributed by atoms with E-state index in [2.05, 4.69) is 10.2 Å². The smallest absolute Gasteiger partial charge is 0.508 e. The Bertz CT molecular complexity index is 1290. The minimum absolute atomic E-state index is 0.121. The predicted molar refractivity (Wildman–Crippen MR) is 147 cm³/mol. The number of nitrogens with zero attached hydrogens (tertiary/aromatic N) is 4. The number of aromatic hydroxyl groups is 1. The number of hydrogen-bond donors (Lipinski definition) is 1. The van der Waals surface area contributed by atoms with Crippen molar-refractivity contribution in [2.24, 2.45) is 10.2 Å². The molecule has 5 nitrogen and oxygen atoms in total. The minimum atomic E-state index is -2.81. The molecule has 0 aliphatic heterocycles. The molecule has 2 aromatic heterocycles. The lowest BCUT2D eigenvalue weighted by Gasteiger charge is -2.04. The molecule has 0 fully saturated rings. The molecule has 1 N–H and O–H groups in total. The van der Waals surface area contributed by atoms with Crippen LogP contribution in [0.25, 0.3) is 12.2 Å². The predicted octanol–water partition coefficient (Wildman–Crippen LogP) is 6.30. The largest absolute Gasteiger partial charge is 0.677 e. The highest BCUT2D eigenvalue weighted by Crippen LogP contribution is 2.27. The van der Waals surface area contributed by atoms with Crippen molar-refractivity contribution < 1.29 is 22.4 Å². The van der Waals surface area contributed by atoms with Gasteiger partial charge in [0.05, 0.1) is 23.8 Å². The van der Waals surface area contributed by atoms with Crippen molar-refractivity contribution in [1.82, 2.24) is 8.96 Å². The van der Waals surface area contributed by atoms with E-state index < -0.39 is 14.8 Å². The Morgan fingerprint density at radius 1 is 0.794 bits per heavy atom. The second kappa shape index (κ2) is 11.1. The summed E-state index contributed by atoms with van der Waals surface area (Å²) >= 11 is 3.99. The Morgan fingerprint density at radius 2 is 1.29 bits per heavy atom. The molecule has 0 aliphatic rings. The van der Waals surface area contributed by atoms with Crippen LogP contribution in [0.15, 0.2) is 34.5 Å². The molecule has 0 bridgehead atoms. The molecule has 34 heavy (non-hydrogen) atoms. The fourth-order valence-electron chi connectivity index (χ4n) is 3.47. The Kier molecular flexibility index (Phi) is 8.71. The van der Waals surface area contributed by atoms with Crippen LogP contribution < -0.4 is 0 Å². The number of aromatic nitrogens is 2. The first-order valence-corrected chi connectivity index (χ1v) is 12.1. The summed E-state index contributed by atoms with van der Waals surface area (Å²) in [5.74, 6) is 0.121. The lowest BCUT2D eigenvalue weighted by atomic mass is 10.1. The molecule has 0 spiro atoms. The lowest BCUT2D eigenvalue weighted by Crippen LogP contribution is -2.18. The Labute approximate surface area is 222 Å². The third-order valence-corrected chi connectivity index (χ3v) is 8.21. The fourth-order valence-corrected chi connectivity index (χ4v) is 4.72. The van der Waals surface area contributed by atoms with E-state index in [1.165, 1.54) is 24.6 Å². The first-order valence-electron chi connectivity index (χ1n) is 9.91. The highest BCUT2D eigenvalue weighted by molar-refractivity contribution is 14.1. The van der Waals surface area contributed by atoms with Crippen molar-refractivity contribution in [3.63, 3.8) is 0 Å². The molecular formula is C21H18B2F4I2N4O. The van der Waals surface area contributed by atoms with Gasteiger partial charge in [0, 0.05) is 24.1 Å². The zero-order valence-electron chi connectivity index (χ0n) is 18.3. The summed E-state index contributed by atoms with van der Waals surface area (Å²) in [4.78, 5) is 0. The second-order valence-electron chi connectivity index (χ2n) is 7.32. The number of benzene rings is 1. The van der Waals surface area contributed by atoms with Gasteiger partial charge in [-0.2, -0.15) is 10.2 Å². The van der Waals surface area contributed by atoms with Crippen LogP contribution >= 0.6 is 45.2 Å². The molecule has 2 heterocycles. The molecule has 0 aliphatic carbocycles. The van der Waals surface area contributed by atoms with Gasteiger partial charge in [-0.25, -0.2) is 0 Å². The molecular weight excluding hydrogens is 676 g/mol. The molecule has 3 aromatic rings. The van der Waals surface area contributed by atoms with Crippen molar-refractivity contribution in [1.29, 1.82) is 0 Å². The van der Waals surface area contributed by atoms with Gasteiger partial charge in [0.1, 0.15) is 5.75 Å². The van der Waals surface area contributed by atoms with Crippen LogP contribution in [0.1, 0.15) is 39.5 Å². The standard InChI is InChI=1S/C21H18B2F4I2N4O/c1-12-18(32(22(24)25)13(2)20(12)28)10-30-31-11-19-17(21(29)14(3)33(19)23(26)27)9-6-15-4-7-16(34)8-5-15/h4-11,34H,1-3H3/b9-6+,30-10+,31-11+. The molecule has 3 rings (SSSR count). The maximum Gasteiger partial charge on any atom is 0.677 e. The van der Waals surface area contributed by atoms with Gasteiger partial charge >= 0.3 is 14.8 Å². The summed E-state index contributed by atoms with van der Waals surface area (Å²) in [6.45, 7) is 4.88. The number of phenolic OH excluding ortho intramolecular Hbond substituents is 1. The first-order chi connectivity index (χ1) is 16.0. The third-order valence-electron chi connectivity index (χ3n) is 5.26. The van der Waals surface area contributed by atoms with Gasteiger partial charge in [0.2, 0.25) is 0 Å². The van der Waals surface area contributed by atoms with E-state index in [4.69, 9.17) is 0 Å². The van der Waals surface area contributed by atoms with Gasteiger partial charge in [-0.15, -0.1) is 0 Å². The van der Waals surface area contributed by atoms with Gasteiger partial charge < -0.3 is 14.1 Å². The van der Waals surface area contributed by atoms with Gasteiger partial charge in [-0.05, 0) is 89.2 Å². The van der Waals surface area contributed by atoms with Gasteiger partial charge in [0.25, 0.3) is 0 Å². The zero-order chi connectivity index (χ0) is 25.2. The van der Waals surface area contributed by atoms with Gasteiger partial charge in [0.15, 0.2) is 0 Å². The molecule has 0 saturated heterocycles. The fraction of sp³-hybridized carbons (Fsp3) is 0.143. The quantitative estimate of drug-likeness (QED) is 0.102. The number of hydrogen-bond acceptors (Lipinski definition) is 3. The van der Waals surface area contributed by atoms with E-state index in [1.54, 1.807) is 45.1 Å². The summed E-state index contributed by atoms with van der Waals surface area (Å²) in [6, 6.07) is 6.43. The topological polar surface area (TPSA) is 54.8 Å². The Hall–Kier alpha value is -2.03. The molecule has 0 radical (unpaired) electrons. The first kappa shape index (κ1) is 26.6. The van der Waals surface area contributed by atoms with E-state index >= 15 is 0 Å². The minimum Gasteiger partial charge on any atom is -0.508 e. The molecule has 176 valence electrons. The SMILES string of the molecule is Cc1c(I)c(C)n(B(F)F)c1/C=N/N=C/c1c(/C=C/c2ccc(O)cc2)c(I)c(C)n1B(F)F. The number of phenols is 1. The molecule has 1 aromatic carbocycles. The number of rotatable bonds is 7. The van der Waals surface area contributed by atoms with Crippen LogP contribution in [-0.2, 0) is 0 Å². The van der Waals surface area contributed by atoms with Crippen molar-refractivity contribution in [3.05, 3.63) is 70.9 Å². The molecule has 0 amide bonds. The van der Waals surface area contributed by atoms with Gasteiger partial charge in [-0.1, -0.05) is 24.3 Å². The van der Waals surface area contributed by atoms with E-state index in [9.17, 15) is 22.4 Å². The van der Waals surface area contributed by atoms with E-state index in [-0.39, 0.29) is 17.1 Å². The molecule has 0 atom stereocenters. The summed E-state index contributed by atoms with van der Waals surface area (Å²) in [7, 11) is -5.55. The second-order valence-corrected chi connectivity index (χ2v) is 9.47. The Morgan fingerprint density at radius 3 is 1.85 bits per heavy atom. The van der Waals surface area contributed by atoms with E-state index in [0.717, 1.165) is 14.5 Å². The average Bonchev–Trinajstić information content (AvgIpc) is 3.15. The zero-order valence-corrected chi connectivity index (χ0v) is 22.6. The highest BCUT2D eigenvalue weighted by atomic mass is 127. The highest BCUT2D eigenvalue weighted by Gasteiger charge is 2.27. The number of halogens is 6. The summed E-state index contributed by atoms with van der Waals surface area (Å²) in [6.07, 6.45) is 5.81. The van der Waals surface area contributed by atoms with Crippen LogP contribution in [0.2, 0.25) is 0 Å². The van der Waals surface area contributed by atoms with Gasteiger partial charge in [-0.3, -0.25) is 17.3 Å². The summed E-state index contributed by atoms with van der Waals surface area (Å²) in [5, 5.41) is 17.2. The van der Waals surface area contributed by atoms with Crippen LogP contribution in [0.3, 0.4) is 0 Å². The van der Waals surface area contributed by atoms with Crippen molar-refractivity contribution in [2.45, 2.75) is 20.8 Å². The van der Waals surface area contributed by atoms with Crippen LogP contribution in [0.5, 0.6) is 5.75 Å². The monoisotopic (exact) mass is 694 g/mol. The maximum atomic E-state index is 13.8. The van der Waals surface area contributed by atoms with Crippen molar-refractivity contribution in [2.75, 3.05) is 0 Å². The lowest BCUT2D eigenvalue weighted by molar-refractivity contribution is 0.475. The van der Waals surface area contributed by atoms with Crippen LogP contribution in [-0.4, -0.2) is 41.3 Å². The molecule has 0 unspecified atom stereocenters. The van der Waals surface area contributed by atoms with Crippen molar-refractivity contribution >= 4 is 84.6 Å². The average molecular weight is 694 g/mol. The summed E-state index contributed by atoms with van der Waals surface area (Å²) < 4.78 is 57.7. The van der Waals surface area contributed by atoms with E-state index in [0.29, 0.717) is 29.7 Å². The summed E-state index contributed by atoms with van der Waals surface area (Å²) in [5.41, 5.74) is 3.03.